The van der Waals surface area contributed by atoms with Crippen LogP contribution in [0.25, 0.3) is 0 Å². The Labute approximate surface area is 116 Å². The third kappa shape index (κ3) is 2.99. The summed E-state index contributed by atoms with van der Waals surface area (Å²) < 4.78 is 11.5. The van der Waals surface area contributed by atoms with Crippen molar-refractivity contribution < 1.29 is 13.8 Å². The van der Waals surface area contributed by atoms with Crippen LogP contribution in [0.2, 0.25) is 0 Å². The summed E-state index contributed by atoms with van der Waals surface area (Å²) in [6.45, 7) is 4.59. The fourth-order valence-electron chi connectivity index (χ4n) is 2.60. The molecule has 3 unspecified atom stereocenters. The van der Waals surface area contributed by atoms with Crippen molar-refractivity contribution >= 4 is 22.6 Å². The van der Waals surface area contributed by atoms with Crippen LogP contribution in [0.4, 0.5) is 0 Å². The lowest BCUT2D eigenvalue weighted by atomic mass is 9.94. The highest BCUT2D eigenvalue weighted by Crippen LogP contribution is 2.41. The van der Waals surface area contributed by atoms with Crippen molar-refractivity contribution in [1.82, 2.24) is 10.2 Å². The minimum absolute atomic E-state index is 0.0156. The first-order valence-corrected chi connectivity index (χ1v) is 8.39. The summed E-state index contributed by atoms with van der Waals surface area (Å²) >= 11 is 0. The molecule has 6 heteroatoms. The van der Waals surface area contributed by atoms with E-state index in [0.29, 0.717) is 19.5 Å². The fraction of sp³-hybridized carbons (Fsp3) is 0.846. The van der Waals surface area contributed by atoms with E-state index in [1.165, 1.54) is 0 Å². The number of nitrogens with zero attached hydrogens (tertiary/aromatic N) is 1. The number of nitrogens with one attached hydrogen (secondary N) is 1. The summed E-state index contributed by atoms with van der Waals surface area (Å²) in [4.78, 5) is 26.2. The van der Waals surface area contributed by atoms with Gasteiger partial charge >= 0.3 is 0 Å². The summed E-state index contributed by atoms with van der Waals surface area (Å²) in [5, 5.41) is 2.82. The van der Waals surface area contributed by atoms with Crippen molar-refractivity contribution in [3.63, 3.8) is 0 Å². The minimum atomic E-state index is -0.960. The van der Waals surface area contributed by atoms with Crippen molar-refractivity contribution in [2.45, 2.75) is 43.9 Å². The first-order valence-electron chi connectivity index (χ1n) is 6.77. The molecule has 1 N–H and O–H groups in total. The molecule has 0 bridgehead atoms. The lowest BCUT2D eigenvalue weighted by molar-refractivity contribution is -0.139. The van der Waals surface area contributed by atoms with Gasteiger partial charge in [-0.2, -0.15) is 0 Å². The third-order valence-electron chi connectivity index (χ3n) is 4.18. The maximum atomic E-state index is 12.7. The number of carbonyl (C=O) groups is 2. The molecule has 0 spiro atoms. The number of amides is 2. The summed E-state index contributed by atoms with van der Waals surface area (Å²) in [5.41, 5.74) is -0.761. The van der Waals surface area contributed by atoms with E-state index in [1.807, 2.05) is 13.8 Å². The largest absolute Gasteiger partial charge is 0.342 e. The normalized spacial score (nSPS) is 31.6. The molecule has 2 rings (SSSR count). The summed E-state index contributed by atoms with van der Waals surface area (Å²) in [6, 6.07) is 0. The lowest BCUT2D eigenvalue weighted by Gasteiger charge is -2.33. The van der Waals surface area contributed by atoms with E-state index in [9.17, 15) is 13.8 Å². The molecule has 0 aromatic carbocycles. The SMILES string of the molecule is CC(CN1CCC(=O)NC(C)(C2CC2)C1=O)S(C)=O. The van der Waals surface area contributed by atoms with Crippen molar-refractivity contribution in [1.29, 1.82) is 0 Å². The summed E-state index contributed by atoms with van der Waals surface area (Å²) in [7, 11) is -0.960. The third-order valence-corrected chi connectivity index (χ3v) is 5.46. The van der Waals surface area contributed by atoms with Gasteiger partial charge in [-0.1, -0.05) is 0 Å². The van der Waals surface area contributed by atoms with Crippen molar-refractivity contribution in [2.75, 3.05) is 19.3 Å². The second-order valence-electron chi connectivity index (χ2n) is 5.84. The molecule has 0 aromatic rings. The Balaban J connectivity index is 2.17. The molecular weight excluding hydrogens is 264 g/mol. The number of hydrogen-bond acceptors (Lipinski definition) is 3. The Hall–Kier alpha value is -0.910. The molecule has 108 valence electrons. The minimum Gasteiger partial charge on any atom is -0.342 e. The van der Waals surface area contributed by atoms with Gasteiger partial charge < -0.3 is 10.2 Å². The lowest BCUT2D eigenvalue weighted by Crippen LogP contribution is -2.57. The van der Waals surface area contributed by atoms with Crippen molar-refractivity contribution in [3.8, 4) is 0 Å². The molecule has 1 saturated carbocycles. The number of hydrogen-bond donors (Lipinski definition) is 1. The molecule has 0 radical (unpaired) electrons. The molecule has 2 fully saturated rings. The van der Waals surface area contributed by atoms with Gasteiger partial charge in [0.25, 0.3) is 0 Å². The van der Waals surface area contributed by atoms with E-state index in [-0.39, 0.29) is 23.0 Å². The zero-order valence-electron chi connectivity index (χ0n) is 11.8. The molecule has 1 heterocycles. The molecule has 2 amide bonds. The van der Waals surface area contributed by atoms with Crippen LogP contribution in [-0.2, 0) is 20.4 Å². The van der Waals surface area contributed by atoms with Gasteiger partial charge in [0.2, 0.25) is 11.8 Å². The predicted molar refractivity (Wildman–Crippen MR) is 74.0 cm³/mol. The van der Waals surface area contributed by atoms with Gasteiger partial charge in [-0.15, -0.1) is 0 Å². The van der Waals surface area contributed by atoms with Crippen LogP contribution in [0, 0.1) is 5.92 Å². The maximum Gasteiger partial charge on any atom is 0.248 e. The van der Waals surface area contributed by atoms with Gasteiger partial charge in [-0.3, -0.25) is 13.8 Å². The second-order valence-corrected chi connectivity index (χ2v) is 7.64. The molecule has 3 atom stereocenters. The molecule has 1 aliphatic carbocycles. The zero-order valence-corrected chi connectivity index (χ0v) is 12.6. The van der Waals surface area contributed by atoms with E-state index < -0.39 is 16.3 Å². The Morgan fingerprint density at radius 1 is 1.47 bits per heavy atom. The number of rotatable bonds is 4. The van der Waals surface area contributed by atoms with E-state index in [2.05, 4.69) is 5.32 Å². The van der Waals surface area contributed by atoms with Gasteiger partial charge in [-0.05, 0) is 32.6 Å². The standard InChI is InChI=1S/C13H22N2O3S/c1-9(19(3)18)8-15-7-6-11(16)14-13(2,12(15)17)10-4-5-10/h9-10H,4-8H2,1-3H3,(H,14,16). The molecule has 19 heavy (non-hydrogen) atoms. The van der Waals surface area contributed by atoms with Crippen molar-refractivity contribution in [3.05, 3.63) is 0 Å². The highest BCUT2D eigenvalue weighted by Gasteiger charge is 2.51. The van der Waals surface area contributed by atoms with Gasteiger partial charge in [-0.25, -0.2) is 0 Å². The maximum absolute atomic E-state index is 12.7. The Morgan fingerprint density at radius 3 is 2.63 bits per heavy atom. The first-order chi connectivity index (χ1) is 8.84. The summed E-state index contributed by atoms with van der Waals surface area (Å²) in [6.07, 6.45) is 3.96. The predicted octanol–water partition coefficient (Wildman–Crippen LogP) is 0.271. The van der Waals surface area contributed by atoms with Crippen LogP contribution in [-0.4, -0.2) is 51.1 Å². The molecule has 5 nitrogen and oxygen atoms in total. The number of carbonyl (C=O) groups excluding carboxylic acids is 2. The van der Waals surface area contributed by atoms with Gasteiger partial charge in [0.15, 0.2) is 0 Å². The molecule has 1 saturated heterocycles. The van der Waals surface area contributed by atoms with Crippen LogP contribution in [0.1, 0.15) is 33.1 Å². The van der Waals surface area contributed by atoms with Crippen LogP contribution >= 0.6 is 0 Å². The van der Waals surface area contributed by atoms with Gasteiger partial charge in [0.05, 0.1) is 0 Å². The zero-order chi connectivity index (χ0) is 14.2. The second kappa shape index (κ2) is 5.23. The Kier molecular flexibility index (Phi) is 3.99. The van der Waals surface area contributed by atoms with Crippen LogP contribution in [0.5, 0.6) is 0 Å². The van der Waals surface area contributed by atoms with Crippen molar-refractivity contribution in [2.24, 2.45) is 5.92 Å². The van der Waals surface area contributed by atoms with Crippen LogP contribution in [0.3, 0.4) is 0 Å². The molecule has 2 aliphatic rings. The highest BCUT2D eigenvalue weighted by atomic mass is 32.2. The first kappa shape index (κ1) is 14.5. The van der Waals surface area contributed by atoms with Gasteiger partial charge in [0, 0.05) is 41.8 Å². The summed E-state index contributed by atoms with van der Waals surface area (Å²) in [5.74, 6) is 0.181. The average Bonchev–Trinajstić information content (AvgIpc) is 3.16. The Bertz CT molecular complexity index is 422. The highest BCUT2D eigenvalue weighted by molar-refractivity contribution is 7.84. The van der Waals surface area contributed by atoms with E-state index in [1.54, 1.807) is 11.2 Å². The van der Waals surface area contributed by atoms with E-state index in [4.69, 9.17) is 0 Å². The Morgan fingerprint density at radius 2 is 2.11 bits per heavy atom. The van der Waals surface area contributed by atoms with E-state index in [0.717, 1.165) is 12.8 Å². The monoisotopic (exact) mass is 286 g/mol. The van der Waals surface area contributed by atoms with E-state index >= 15 is 0 Å². The van der Waals surface area contributed by atoms with Gasteiger partial charge in [0.1, 0.15) is 5.54 Å². The average molecular weight is 286 g/mol. The fourth-order valence-corrected chi connectivity index (χ4v) is 2.99. The van der Waals surface area contributed by atoms with Crippen LogP contribution < -0.4 is 5.32 Å². The smallest absolute Gasteiger partial charge is 0.248 e. The molecular formula is C13H22N2O3S. The quantitative estimate of drug-likeness (QED) is 0.807. The van der Waals surface area contributed by atoms with Crippen LogP contribution in [0.15, 0.2) is 0 Å². The molecule has 1 aliphatic heterocycles. The molecule has 0 aromatic heterocycles. The topological polar surface area (TPSA) is 66.5 Å².